The van der Waals surface area contributed by atoms with Gasteiger partial charge < -0.3 is 15.0 Å². The van der Waals surface area contributed by atoms with Gasteiger partial charge in [0.2, 0.25) is 5.91 Å². The Kier molecular flexibility index (Phi) is 7.93. The lowest BCUT2D eigenvalue weighted by Gasteiger charge is -2.32. The van der Waals surface area contributed by atoms with E-state index in [9.17, 15) is 22.8 Å². The molecule has 0 aliphatic carbocycles. The number of nitrogens with one attached hydrogen (secondary N) is 1. The molecule has 2 aromatic heterocycles. The number of pyridine rings is 1. The number of carbonyl (C=O) groups excluding carboxylic acids is 2. The second-order valence-electron chi connectivity index (χ2n) is 8.66. The largest absolute Gasteiger partial charge is 0.495 e. The minimum atomic E-state index is -4.45. The zero-order chi connectivity index (χ0) is 25.7. The molecule has 1 aliphatic heterocycles. The SMILES string of the molecule is COc1cscc1C(=O)Nc1ccc(C2CCN(C(=O)CCc3cncc(C(F)(F)F)c3)CC2)cc1. The van der Waals surface area contributed by atoms with Crippen molar-refractivity contribution in [1.82, 2.24) is 9.88 Å². The molecule has 1 saturated heterocycles. The van der Waals surface area contributed by atoms with E-state index < -0.39 is 11.7 Å². The van der Waals surface area contributed by atoms with Gasteiger partial charge in [0.15, 0.2) is 0 Å². The first-order valence-electron chi connectivity index (χ1n) is 11.5. The van der Waals surface area contributed by atoms with E-state index in [1.54, 1.807) is 15.7 Å². The number of benzene rings is 1. The number of hydrogen-bond acceptors (Lipinski definition) is 5. The Labute approximate surface area is 211 Å². The number of methoxy groups -OCH3 is 1. The van der Waals surface area contributed by atoms with Crippen LogP contribution in [0.1, 0.15) is 52.2 Å². The number of halogens is 3. The van der Waals surface area contributed by atoms with Gasteiger partial charge in [0.25, 0.3) is 5.91 Å². The molecule has 0 bridgehead atoms. The van der Waals surface area contributed by atoms with Crippen LogP contribution >= 0.6 is 11.3 Å². The molecular formula is C26H26F3N3O3S. The number of rotatable bonds is 7. The zero-order valence-electron chi connectivity index (χ0n) is 19.7. The van der Waals surface area contributed by atoms with Crippen molar-refractivity contribution in [2.75, 3.05) is 25.5 Å². The standard InChI is InChI=1S/C26H26F3N3O3S/c1-35-23-16-36-15-22(23)25(34)31-21-5-3-18(4-6-21)19-8-10-32(11-9-19)24(33)7-2-17-12-20(14-30-13-17)26(27,28)29/h3-6,12-16,19H,2,7-11H2,1H3,(H,31,34). The van der Waals surface area contributed by atoms with Gasteiger partial charge in [-0.3, -0.25) is 14.6 Å². The lowest BCUT2D eigenvalue weighted by Crippen LogP contribution is -2.38. The number of aryl methyl sites for hydroxylation is 1. The van der Waals surface area contributed by atoms with Gasteiger partial charge in [0, 0.05) is 48.4 Å². The number of likely N-dealkylation sites (tertiary alicyclic amines) is 1. The molecular weight excluding hydrogens is 491 g/mol. The molecule has 10 heteroatoms. The molecule has 2 amide bonds. The number of ether oxygens (including phenoxy) is 1. The molecule has 0 saturated carbocycles. The number of amides is 2. The highest BCUT2D eigenvalue weighted by Gasteiger charge is 2.31. The summed E-state index contributed by atoms with van der Waals surface area (Å²) in [5.74, 6) is 0.548. The lowest BCUT2D eigenvalue weighted by atomic mass is 9.89. The van der Waals surface area contributed by atoms with Crippen molar-refractivity contribution >= 4 is 28.8 Å². The maximum absolute atomic E-state index is 12.9. The molecule has 0 radical (unpaired) electrons. The van der Waals surface area contributed by atoms with Crippen LogP contribution in [0.3, 0.4) is 0 Å². The molecule has 0 spiro atoms. The number of aromatic nitrogens is 1. The first-order chi connectivity index (χ1) is 17.2. The second kappa shape index (κ2) is 11.1. The fourth-order valence-corrected chi connectivity index (χ4v) is 5.07. The summed E-state index contributed by atoms with van der Waals surface area (Å²) >= 11 is 1.40. The van der Waals surface area contributed by atoms with Crippen LogP contribution in [0.15, 0.2) is 53.5 Å². The minimum Gasteiger partial charge on any atom is -0.495 e. The highest BCUT2D eigenvalue weighted by atomic mass is 32.1. The Morgan fingerprint density at radius 3 is 2.53 bits per heavy atom. The van der Waals surface area contributed by atoms with Crippen molar-refractivity contribution in [2.24, 2.45) is 0 Å². The predicted molar refractivity (Wildman–Crippen MR) is 131 cm³/mol. The highest BCUT2D eigenvalue weighted by molar-refractivity contribution is 7.08. The van der Waals surface area contributed by atoms with Gasteiger partial charge in [-0.05, 0) is 54.5 Å². The molecule has 0 unspecified atom stereocenters. The van der Waals surface area contributed by atoms with Crippen molar-refractivity contribution in [1.29, 1.82) is 0 Å². The van der Waals surface area contributed by atoms with Gasteiger partial charge in [-0.25, -0.2) is 0 Å². The van der Waals surface area contributed by atoms with Crippen LogP contribution in [0, 0.1) is 0 Å². The summed E-state index contributed by atoms with van der Waals surface area (Å²) in [6, 6.07) is 8.77. The van der Waals surface area contributed by atoms with E-state index in [4.69, 9.17) is 4.74 Å². The van der Waals surface area contributed by atoms with E-state index in [1.165, 1.54) is 24.6 Å². The highest BCUT2D eigenvalue weighted by Crippen LogP contribution is 2.31. The molecule has 1 aromatic carbocycles. The van der Waals surface area contributed by atoms with Gasteiger partial charge in [-0.1, -0.05) is 12.1 Å². The third-order valence-electron chi connectivity index (χ3n) is 6.33. The Hall–Kier alpha value is -3.40. The number of piperidine rings is 1. The van der Waals surface area contributed by atoms with Crippen molar-refractivity contribution in [2.45, 2.75) is 37.8 Å². The first-order valence-corrected chi connectivity index (χ1v) is 12.5. The van der Waals surface area contributed by atoms with E-state index in [0.717, 1.165) is 30.7 Å². The van der Waals surface area contributed by atoms with E-state index in [0.29, 0.717) is 41.6 Å². The number of carbonyl (C=O) groups is 2. The number of alkyl halides is 3. The number of anilines is 1. The van der Waals surface area contributed by atoms with Crippen LogP contribution in [0.2, 0.25) is 0 Å². The molecule has 3 heterocycles. The summed E-state index contributed by atoms with van der Waals surface area (Å²) in [4.78, 5) is 30.5. The Balaban J connectivity index is 1.26. The van der Waals surface area contributed by atoms with Crippen molar-refractivity contribution in [3.8, 4) is 5.75 Å². The molecule has 0 atom stereocenters. The van der Waals surface area contributed by atoms with Crippen LogP contribution in [-0.4, -0.2) is 41.9 Å². The average molecular weight is 518 g/mol. The third kappa shape index (κ3) is 6.23. The monoisotopic (exact) mass is 517 g/mol. The van der Waals surface area contributed by atoms with Crippen molar-refractivity contribution < 1.29 is 27.5 Å². The Morgan fingerprint density at radius 2 is 1.86 bits per heavy atom. The summed E-state index contributed by atoms with van der Waals surface area (Å²) < 4.78 is 43.8. The van der Waals surface area contributed by atoms with E-state index >= 15 is 0 Å². The second-order valence-corrected chi connectivity index (χ2v) is 9.41. The number of nitrogens with zero attached hydrogens (tertiary/aromatic N) is 2. The van der Waals surface area contributed by atoms with Crippen LogP contribution in [0.25, 0.3) is 0 Å². The third-order valence-corrected chi connectivity index (χ3v) is 7.05. The van der Waals surface area contributed by atoms with Crippen LogP contribution in [0.5, 0.6) is 5.75 Å². The lowest BCUT2D eigenvalue weighted by molar-refractivity contribution is -0.137. The van der Waals surface area contributed by atoms with Gasteiger partial charge in [0.1, 0.15) is 5.75 Å². The van der Waals surface area contributed by atoms with Crippen LogP contribution in [0.4, 0.5) is 18.9 Å². The maximum Gasteiger partial charge on any atom is 0.417 e. The smallest absolute Gasteiger partial charge is 0.417 e. The predicted octanol–water partition coefficient (Wildman–Crippen LogP) is 5.76. The van der Waals surface area contributed by atoms with Crippen molar-refractivity contribution in [3.05, 3.63) is 75.7 Å². The van der Waals surface area contributed by atoms with Gasteiger partial charge in [-0.2, -0.15) is 13.2 Å². The first kappa shape index (κ1) is 25.7. The maximum atomic E-state index is 12.9. The zero-order valence-corrected chi connectivity index (χ0v) is 20.5. The molecule has 36 heavy (non-hydrogen) atoms. The van der Waals surface area contributed by atoms with Gasteiger partial charge in [0.05, 0.1) is 18.2 Å². The molecule has 6 nitrogen and oxygen atoms in total. The minimum absolute atomic E-state index is 0.0622. The number of thiophene rings is 1. The average Bonchev–Trinajstić information content (AvgIpc) is 3.37. The summed E-state index contributed by atoms with van der Waals surface area (Å²) in [7, 11) is 1.53. The quantitative estimate of drug-likeness (QED) is 0.433. The van der Waals surface area contributed by atoms with Gasteiger partial charge >= 0.3 is 6.18 Å². The Morgan fingerprint density at radius 1 is 1.14 bits per heavy atom. The van der Waals surface area contributed by atoms with Crippen LogP contribution < -0.4 is 10.1 Å². The van der Waals surface area contributed by atoms with Gasteiger partial charge in [-0.15, -0.1) is 11.3 Å². The summed E-state index contributed by atoms with van der Waals surface area (Å²) in [6.45, 7) is 1.20. The summed E-state index contributed by atoms with van der Waals surface area (Å²) in [5, 5.41) is 6.40. The fourth-order valence-electron chi connectivity index (χ4n) is 4.30. The van der Waals surface area contributed by atoms with E-state index in [1.807, 2.05) is 24.3 Å². The van der Waals surface area contributed by atoms with Crippen molar-refractivity contribution in [3.63, 3.8) is 0 Å². The summed E-state index contributed by atoms with van der Waals surface area (Å²) in [5.41, 5.74) is 1.92. The fraction of sp³-hybridized carbons (Fsp3) is 0.346. The van der Waals surface area contributed by atoms with E-state index in [2.05, 4.69) is 10.3 Å². The topological polar surface area (TPSA) is 71.5 Å². The molecule has 3 aromatic rings. The normalized spacial score (nSPS) is 14.5. The Bertz CT molecular complexity index is 1200. The summed E-state index contributed by atoms with van der Waals surface area (Å²) in [6.07, 6.45) is -0.314. The van der Waals surface area contributed by atoms with E-state index in [-0.39, 0.29) is 24.7 Å². The molecule has 1 N–H and O–H groups in total. The van der Waals surface area contributed by atoms with Crippen LogP contribution in [-0.2, 0) is 17.4 Å². The molecule has 4 rings (SSSR count). The molecule has 1 aliphatic rings. The molecule has 190 valence electrons. The molecule has 1 fully saturated rings. The number of hydrogen-bond donors (Lipinski definition) is 1.